The minimum absolute atomic E-state index is 0.250. The number of ether oxygens (including phenoxy) is 2. The second-order valence-corrected chi connectivity index (χ2v) is 10.5. The van der Waals surface area contributed by atoms with E-state index in [2.05, 4.69) is 0 Å². The summed E-state index contributed by atoms with van der Waals surface area (Å²) in [5, 5.41) is 0.472. The maximum atomic E-state index is 12.9. The van der Waals surface area contributed by atoms with Gasteiger partial charge in [-0.1, -0.05) is 17.4 Å². The lowest BCUT2D eigenvalue weighted by Crippen LogP contribution is -2.51. The first kappa shape index (κ1) is 21.5. The standard InChI is InChI=1S/C19H24N2O6S2/c1-12(2)29(24,25)21-9-7-20(8-10-21)18(22)15-11-13-5-6-14(26-3)17(27-4)16(13)19(23)28-15/h5-6,11-12H,7-10H2,1-4H3. The van der Waals surface area contributed by atoms with E-state index in [1.54, 1.807) is 36.9 Å². The average molecular weight is 441 g/mol. The van der Waals surface area contributed by atoms with Crippen molar-refractivity contribution in [3.05, 3.63) is 32.6 Å². The lowest BCUT2D eigenvalue weighted by Gasteiger charge is -2.34. The van der Waals surface area contributed by atoms with Crippen molar-refractivity contribution in [1.29, 1.82) is 0 Å². The molecular formula is C19H24N2O6S2. The van der Waals surface area contributed by atoms with Crippen LogP contribution in [-0.2, 0) is 10.0 Å². The highest BCUT2D eigenvalue weighted by molar-refractivity contribution is 7.89. The van der Waals surface area contributed by atoms with E-state index in [1.807, 2.05) is 0 Å². The molecular weight excluding hydrogens is 416 g/mol. The third-order valence-electron chi connectivity index (χ3n) is 4.96. The fourth-order valence-corrected chi connectivity index (χ4v) is 5.48. The van der Waals surface area contributed by atoms with Gasteiger partial charge in [0, 0.05) is 26.2 Å². The molecule has 3 rings (SSSR count). The quantitative estimate of drug-likeness (QED) is 0.704. The van der Waals surface area contributed by atoms with E-state index >= 15 is 0 Å². The Kier molecular flexibility index (Phi) is 6.16. The fraction of sp³-hybridized carbons (Fsp3) is 0.474. The maximum absolute atomic E-state index is 12.9. The first-order valence-electron chi connectivity index (χ1n) is 9.17. The zero-order valence-corrected chi connectivity index (χ0v) is 18.4. The fourth-order valence-electron chi connectivity index (χ4n) is 3.30. The van der Waals surface area contributed by atoms with Crippen molar-refractivity contribution in [2.24, 2.45) is 0 Å². The van der Waals surface area contributed by atoms with E-state index in [9.17, 15) is 18.0 Å². The summed E-state index contributed by atoms with van der Waals surface area (Å²) >= 11 is 0.854. The average Bonchev–Trinajstić information content (AvgIpc) is 2.72. The third-order valence-corrected chi connectivity index (χ3v) is 8.14. The van der Waals surface area contributed by atoms with Gasteiger partial charge in [-0.2, -0.15) is 4.31 Å². The Hall–Kier alpha value is -2.17. The number of carbonyl (C=O) groups excluding carboxylic acids is 1. The summed E-state index contributed by atoms with van der Waals surface area (Å²) in [6.07, 6.45) is 0. The summed E-state index contributed by atoms with van der Waals surface area (Å²) < 4.78 is 36.3. The molecule has 1 fully saturated rings. The molecule has 8 nitrogen and oxygen atoms in total. The van der Waals surface area contributed by atoms with Crippen LogP contribution in [0.15, 0.2) is 23.0 Å². The van der Waals surface area contributed by atoms with Crippen LogP contribution in [0.4, 0.5) is 0 Å². The van der Waals surface area contributed by atoms with Gasteiger partial charge in [0.25, 0.3) is 5.91 Å². The van der Waals surface area contributed by atoms with Crippen LogP contribution in [0.3, 0.4) is 0 Å². The molecule has 1 amide bonds. The van der Waals surface area contributed by atoms with Gasteiger partial charge in [0.2, 0.25) is 14.8 Å². The number of rotatable bonds is 5. The van der Waals surface area contributed by atoms with E-state index in [1.165, 1.54) is 18.5 Å². The molecule has 158 valence electrons. The van der Waals surface area contributed by atoms with Crippen molar-refractivity contribution in [1.82, 2.24) is 9.21 Å². The Morgan fingerprint density at radius 3 is 2.31 bits per heavy atom. The summed E-state index contributed by atoms with van der Waals surface area (Å²) in [5.41, 5.74) is 0. The van der Waals surface area contributed by atoms with Gasteiger partial charge >= 0.3 is 0 Å². The van der Waals surface area contributed by atoms with Crippen LogP contribution in [0, 0.1) is 0 Å². The van der Waals surface area contributed by atoms with Gasteiger partial charge in [0.1, 0.15) is 0 Å². The van der Waals surface area contributed by atoms with Crippen molar-refractivity contribution in [3.63, 3.8) is 0 Å². The highest BCUT2D eigenvalue weighted by atomic mass is 32.2. The molecule has 10 heteroatoms. The second kappa shape index (κ2) is 8.29. The molecule has 0 bridgehead atoms. The number of benzene rings is 1. The molecule has 0 aliphatic carbocycles. The molecule has 2 heterocycles. The first-order chi connectivity index (χ1) is 13.7. The number of sulfonamides is 1. The molecule has 0 radical (unpaired) electrons. The monoisotopic (exact) mass is 440 g/mol. The zero-order chi connectivity index (χ0) is 21.3. The largest absolute Gasteiger partial charge is 0.493 e. The highest BCUT2D eigenvalue weighted by Gasteiger charge is 2.31. The van der Waals surface area contributed by atoms with E-state index < -0.39 is 15.3 Å². The van der Waals surface area contributed by atoms with E-state index in [4.69, 9.17) is 9.47 Å². The van der Waals surface area contributed by atoms with Gasteiger partial charge in [-0.3, -0.25) is 9.59 Å². The highest BCUT2D eigenvalue weighted by Crippen LogP contribution is 2.34. The number of methoxy groups -OCH3 is 2. The summed E-state index contributed by atoms with van der Waals surface area (Å²) in [4.78, 5) is 27.6. The van der Waals surface area contributed by atoms with Crippen molar-refractivity contribution in [3.8, 4) is 11.5 Å². The van der Waals surface area contributed by atoms with Gasteiger partial charge in [0.05, 0.1) is 29.7 Å². The van der Waals surface area contributed by atoms with Crippen LogP contribution in [0.2, 0.25) is 0 Å². The lowest BCUT2D eigenvalue weighted by molar-refractivity contribution is 0.0702. The van der Waals surface area contributed by atoms with Gasteiger partial charge in [-0.05, 0) is 31.4 Å². The molecule has 1 aliphatic rings. The number of nitrogens with zero attached hydrogens (tertiary/aromatic N) is 2. The predicted molar refractivity (Wildman–Crippen MR) is 113 cm³/mol. The maximum Gasteiger partial charge on any atom is 0.264 e. The smallest absolute Gasteiger partial charge is 0.264 e. The second-order valence-electron chi connectivity index (χ2n) is 6.95. The molecule has 2 aromatic rings. The molecule has 1 saturated heterocycles. The summed E-state index contributed by atoms with van der Waals surface area (Å²) in [6.45, 7) is 4.36. The van der Waals surface area contributed by atoms with Gasteiger partial charge in [-0.25, -0.2) is 8.42 Å². The molecule has 1 aromatic carbocycles. The summed E-state index contributed by atoms with van der Waals surface area (Å²) in [5.74, 6) is 0.522. The molecule has 1 aromatic heterocycles. The van der Waals surface area contributed by atoms with Crippen LogP contribution >= 0.6 is 11.3 Å². The number of fused-ring (bicyclic) bond motifs is 1. The Bertz CT molecular complexity index is 1090. The van der Waals surface area contributed by atoms with Crippen molar-refractivity contribution < 1.29 is 22.7 Å². The van der Waals surface area contributed by atoms with Crippen LogP contribution in [-0.4, -0.2) is 69.2 Å². The van der Waals surface area contributed by atoms with Crippen molar-refractivity contribution >= 4 is 38.0 Å². The Morgan fingerprint density at radius 2 is 1.76 bits per heavy atom. The summed E-state index contributed by atoms with van der Waals surface area (Å²) in [7, 11) is -0.383. The van der Waals surface area contributed by atoms with Gasteiger partial charge in [-0.15, -0.1) is 0 Å². The number of carbonyl (C=O) groups is 1. The van der Waals surface area contributed by atoms with Crippen LogP contribution in [0.25, 0.3) is 10.8 Å². The number of amides is 1. The summed E-state index contributed by atoms with van der Waals surface area (Å²) in [6, 6.07) is 5.08. The molecule has 1 aliphatic heterocycles. The Balaban J connectivity index is 1.87. The van der Waals surface area contributed by atoms with Crippen LogP contribution < -0.4 is 14.2 Å². The minimum Gasteiger partial charge on any atom is -0.493 e. The Morgan fingerprint density at radius 1 is 1.10 bits per heavy atom. The number of hydrogen-bond donors (Lipinski definition) is 0. The Labute approximate surface area is 173 Å². The topological polar surface area (TPSA) is 93.2 Å². The normalized spacial score (nSPS) is 15.7. The van der Waals surface area contributed by atoms with Crippen molar-refractivity contribution in [2.45, 2.75) is 19.1 Å². The number of hydrogen-bond acceptors (Lipinski definition) is 7. The predicted octanol–water partition coefficient (Wildman–Crippen LogP) is 1.77. The minimum atomic E-state index is -3.34. The van der Waals surface area contributed by atoms with E-state index in [0.29, 0.717) is 27.1 Å². The third kappa shape index (κ3) is 3.96. The molecule has 0 spiro atoms. The molecule has 0 unspecified atom stereocenters. The SMILES string of the molecule is COc1ccc2cc(C(=O)N3CCN(S(=O)(=O)C(C)C)CC3)sc(=O)c2c1OC. The van der Waals surface area contributed by atoms with Crippen LogP contribution in [0.5, 0.6) is 11.5 Å². The molecule has 0 N–H and O–H groups in total. The first-order valence-corrected chi connectivity index (χ1v) is 11.5. The van der Waals surface area contributed by atoms with Crippen molar-refractivity contribution in [2.75, 3.05) is 40.4 Å². The number of piperazine rings is 1. The zero-order valence-electron chi connectivity index (χ0n) is 16.8. The van der Waals surface area contributed by atoms with E-state index in [-0.39, 0.29) is 36.8 Å². The van der Waals surface area contributed by atoms with Gasteiger partial charge < -0.3 is 14.4 Å². The van der Waals surface area contributed by atoms with Gasteiger partial charge in [0.15, 0.2) is 11.5 Å². The van der Waals surface area contributed by atoms with Crippen LogP contribution in [0.1, 0.15) is 23.5 Å². The van der Waals surface area contributed by atoms with E-state index in [0.717, 1.165) is 11.3 Å². The molecule has 0 saturated carbocycles. The lowest BCUT2D eigenvalue weighted by atomic mass is 10.1. The molecule has 0 atom stereocenters. The molecule has 29 heavy (non-hydrogen) atoms.